The summed E-state index contributed by atoms with van der Waals surface area (Å²) in [4.78, 5) is 27.5. The van der Waals surface area contributed by atoms with Crippen LogP contribution in [0.5, 0.6) is 17.2 Å². The number of benzene rings is 2. The van der Waals surface area contributed by atoms with Crippen LogP contribution >= 0.6 is 0 Å². The Balaban J connectivity index is 1.93. The minimum absolute atomic E-state index is 0.0460. The van der Waals surface area contributed by atoms with Crippen LogP contribution in [-0.4, -0.2) is 37.0 Å². The Kier molecular flexibility index (Phi) is 9.29. The third-order valence-electron chi connectivity index (χ3n) is 5.91. The smallest absolute Gasteiger partial charge is 0.271 e. The second-order valence-electron chi connectivity index (χ2n) is 8.41. The maximum atomic E-state index is 13.4. The van der Waals surface area contributed by atoms with Crippen LogP contribution < -0.4 is 14.2 Å². The number of nitrogens with zero attached hydrogens (tertiary/aromatic N) is 2. The molecule has 0 unspecified atom stereocenters. The molecule has 2 aromatic rings. The molecule has 188 valence electrons. The third-order valence-corrected chi connectivity index (χ3v) is 5.91. The number of hydrogen-bond donors (Lipinski definition) is 0. The first kappa shape index (κ1) is 26.6. The van der Waals surface area contributed by atoms with Crippen molar-refractivity contribution in [3.05, 3.63) is 70.3 Å². The van der Waals surface area contributed by atoms with Crippen LogP contribution in [0.2, 0.25) is 0 Å². The Morgan fingerprint density at radius 3 is 2.36 bits per heavy atom. The van der Waals surface area contributed by atoms with E-state index in [2.05, 4.69) is 6.92 Å². The Hall–Kier alpha value is -4.05. The molecule has 0 aromatic heterocycles. The van der Waals surface area contributed by atoms with Gasteiger partial charge >= 0.3 is 0 Å². The van der Waals surface area contributed by atoms with Gasteiger partial charge in [0.25, 0.3) is 11.8 Å². The van der Waals surface area contributed by atoms with Crippen LogP contribution in [0.25, 0.3) is 6.08 Å². The minimum Gasteiger partial charge on any atom is -0.497 e. The Labute approximate surface area is 212 Å². The Morgan fingerprint density at radius 1 is 0.972 bits per heavy atom. The molecule has 3 rings (SSSR count). The topological polar surface area (TPSA) is 88.9 Å². The molecule has 0 saturated heterocycles. The lowest BCUT2D eigenvalue weighted by atomic mass is 9.93. The van der Waals surface area contributed by atoms with Crippen LogP contribution in [0, 0.1) is 11.3 Å². The predicted molar refractivity (Wildman–Crippen MR) is 137 cm³/mol. The van der Waals surface area contributed by atoms with Crippen molar-refractivity contribution in [3.8, 4) is 23.3 Å². The van der Waals surface area contributed by atoms with Gasteiger partial charge in [-0.3, -0.25) is 14.5 Å². The quantitative estimate of drug-likeness (QED) is 0.237. The minimum atomic E-state index is -0.598. The molecule has 0 radical (unpaired) electrons. The molecule has 36 heavy (non-hydrogen) atoms. The Morgan fingerprint density at radius 2 is 1.72 bits per heavy atom. The molecule has 0 bridgehead atoms. The fraction of sp³-hybridized carbons (Fsp3) is 0.345. The van der Waals surface area contributed by atoms with Crippen LogP contribution in [0.4, 0.5) is 0 Å². The molecule has 2 amide bonds. The van der Waals surface area contributed by atoms with Crippen molar-refractivity contribution in [1.82, 2.24) is 4.90 Å². The fourth-order valence-corrected chi connectivity index (χ4v) is 3.89. The van der Waals surface area contributed by atoms with E-state index in [0.717, 1.165) is 29.7 Å². The molecule has 1 aliphatic rings. The summed E-state index contributed by atoms with van der Waals surface area (Å²) in [5, 5.41) is 9.68. The van der Waals surface area contributed by atoms with Crippen LogP contribution in [0.1, 0.15) is 51.2 Å². The molecule has 0 N–H and O–H groups in total. The number of nitriles is 1. The molecule has 0 atom stereocenters. The van der Waals surface area contributed by atoms with Gasteiger partial charge in [0.1, 0.15) is 17.4 Å². The van der Waals surface area contributed by atoms with Crippen molar-refractivity contribution < 1.29 is 23.8 Å². The summed E-state index contributed by atoms with van der Waals surface area (Å²) >= 11 is 0. The van der Waals surface area contributed by atoms with Gasteiger partial charge in [-0.1, -0.05) is 38.0 Å². The van der Waals surface area contributed by atoms with E-state index < -0.39 is 11.8 Å². The SMILES string of the molecule is CCCCCOc1ccc(/C=C2/C(=O)N(Cc3ccc(OC)cc3)C(=O)C(C#N)=C2C)cc1OCC. The van der Waals surface area contributed by atoms with E-state index in [1.807, 2.05) is 31.2 Å². The van der Waals surface area contributed by atoms with Gasteiger partial charge in [-0.2, -0.15) is 5.26 Å². The fourth-order valence-electron chi connectivity index (χ4n) is 3.89. The molecule has 0 saturated carbocycles. The standard InChI is InChI=1S/C29H32N2O5/c1-5-7-8-15-36-26-14-11-22(17-27(26)35-6-2)16-24-20(3)25(18-30)29(33)31(28(24)32)19-21-9-12-23(34-4)13-10-21/h9-14,16-17H,5-8,15,19H2,1-4H3/b24-16+. The van der Waals surface area contributed by atoms with Gasteiger partial charge in [-0.15, -0.1) is 0 Å². The number of methoxy groups -OCH3 is 1. The summed E-state index contributed by atoms with van der Waals surface area (Å²) in [7, 11) is 1.57. The van der Waals surface area contributed by atoms with Crippen molar-refractivity contribution in [2.24, 2.45) is 0 Å². The highest BCUT2D eigenvalue weighted by Crippen LogP contribution is 2.32. The lowest BCUT2D eigenvalue weighted by Gasteiger charge is -2.27. The summed E-state index contributed by atoms with van der Waals surface area (Å²) in [5.41, 5.74) is 2.06. The third kappa shape index (κ3) is 6.14. The van der Waals surface area contributed by atoms with Crippen molar-refractivity contribution in [3.63, 3.8) is 0 Å². The van der Waals surface area contributed by atoms with Crippen LogP contribution in [0.15, 0.2) is 59.2 Å². The number of amides is 2. The van der Waals surface area contributed by atoms with Gasteiger partial charge in [0.15, 0.2) is 11.5 Å². The summed E-state index contributed by atoms with van der Waals surface area (Å²) < 4.78 is 16.9. The highest BCUT2D eigenvalue weighted by atomic mass is 16.5. The highest BCUT2D eigenvalue weighted by Gasteiger charge is 2.35. The van der Waals surface area contributed by atoms with Gasteiger partial charge in [-0.25, -0.2) is 0 Å². The van der Waals surface area contributed by atoms with E-state index in [-0.39, 0.29) is 12.1 Å². The summed E-state index contributed by atoms with van der Waals surface area (Å²) in [6.45, 7) is 6.77. The number of rotatable bonds is 11. The van der Waals surface area contributed by atoms with Gasteiger partial charge in [0.05, 0.1) is 26.9 Å². The lowest BCUT2D eigenvalue weighted by Crippen LogP contribution is -2.42. The number of hydrogen-bond acceptors (Lipinski definition) is 6. The first-order valence-electron chi connectivity index (χ1n) is 12.1. The van der Waals surface area contributed by atoms with Crippen molar-refractivity contribution in [1.29, 1.82) is 5.26 Å². The molecule has 0 aliphatic carbocycles. The first-order valence-corrected chi connectivity index (χ1v) is 12.1. The average molecular weight is 489 g/mol. The summed E-state index contributed by atoms with van der Waals surface area (Å²) in [6.07, 6.45) is 4.85. The summed E-state index contributed by atoms with van der Waals surface area (Å²) in [6, 6.07) is 14.5. The Bertz CT molecular complexity index is 1210. The molecular formula is C29H32N2O5. The van der Waals surface area contributed by atoms with Gasteiger partial charge in [0, 0.05) is 5.57 Å². The maximum absolute atomic E-state index is 13.4. The number of carbonyl (C=O) groups excluding carboxylic acids is 2. The van der Waals surface area contributed by atoms with E-state index in [0.29, 0.717) is 47.2 Å². The molecule has 0 spiro atoms. The van der Waals surface area contributed by atoms with Gasteiger partial charge in [0.2, 0.25) is 0 Å². The van der Waals surface area contributed by atoms with Gasteiger partial charge in [-0.05, 0) is 67.3 Å². The second kappa shape index (κ2) is 12.6. The van der Waals surface area contributed by atoms with Crippen LogP contribution in [-0.2, 0) is 16.1 Å². The monoisotopic (exact) mass is 488 g/mol. The van der Waals surface area contributed by atoms with E-state index in [1.165, 1.54) is 0 Å². The predicted octanol–water partition coefficient (Wildman–Crippen LogP) is 5.46. The largest absolute Gasteiger partial charge is 0.497 e. The van der Waals surface area contributed by atoms with E-state index >= 15 is 0 Å². The molecule has 1 aliphatic heterocycles. The van der Waals surface area contributed by atoms with Gasteiger partial charge < -0.3 is 14.2 Å². The average Bonchev–Trinajstić information content (AvgIpc) is 2.89. The second-order valence-corrected chi connectivity index (χ2v) is 8.41. The molecule has 1 heterocycles. The van der Waals surface area contributed by atoms with Crippen molar-refractivity contribution in [2.45, 2.75) is 46.6 Å². The van der Waals surface area contributed by atoms with E-state index in [1.54, 1.807) is 44.4 Å². The molecule has 7 nitrogen and oxygen atoms in total. The lowest BCUT2D eigenvalue weighted by molar-refractivity contribution is -0.141. The molecule has 7 heteroatoms. The zero-order valence-corrected chi connectivity index (χ0v) is 21.3. The molecule has 0 fully saturated rings. The highest BCUT2D eigenvalue weighted by molar-refractivity contribution is 6.19. The molecule has 2 aromatic carbocycles. The normalized spacial score (nSPS) is 14.8. The number of unbranched alkanes of at least 4 members (excludes halogenated alkanes) is 2. The number of ether oxygens (including phenoxy) is 3. The van der Waals surface area contributed by atoms with Crippen LogP contribution in [0.3, 0.4) is 0 Å². The van der Waals surface area contributed by atoms with E-state index in [9.17, 15) is 14.9 Å². The zero-order chi connectivity index (χ0) is 26.1. The number of carbonyl (C=O) groups is 2. The zero-order valence-electron chi connectivity index (χ0n) is 21.3. The summed E-state index contributed by atoms with van der Waals surface area (Å²) in [5.74, 6) is 0.849. The maximum Gasteiger partial charge on any atom is 0.271 e. The van der Waals surface area contributed by atoms with Crippen molar-refractivity contribution in [2.75, 3.05) is 20.3 Å². The number of imide groups is 1. The first-order chi connectivity index (χ1) is 17.4. The molecular weight excluding hydrogens is 456 g/mol. The van der Waals surface area contributed by atoms with E-state index in [4.69, 9.17) is 14.2 Å². The van der Waals surface area contributed by atoms with Crippen molar-refractivity contribution >= 4 is 17.9 Å².